The third-order valence-corrected chi connectivity index (χ3v) is 3.55. The highest BCUT2D eigenvalue weighted by Crippen LogP contribution is 2.36. The van der Waals surface area contributed by atoms with Gasteiger partial charge < -0.3 is 4.42 Å². The zero-order valence-corrected chi connectivity index (χ0v) is 8.91. The lowest BCUT2D eigenvalue weighted by atomic mass is 9.83. The summed E-state index contributed by atoms with van der Waals surface area (Å²) in [5.74, 6) is 0.730. The monoisotopic (exact) mass is 200 g/mol. The van der Waals surface area contributed by atoms with Gasteiger partial charge in [-0.1, -0.05) is 37.5 Å². The Morgan fingerprint density at radius 1 is 1.00 bits per heavy atom. The summed E-state index contributed by atoms with van der Waals surface area (Å²) in [6.45, 7) is 0. The molecule has 2 aromatic rings. The highest BCUT2D eigenvalue weighted by Gasteiger charge is 2.18. The maximum Gasteiger partial charge on any atom is 0.137 e. The summed E-state index contributed by atoms with van der Waals surface area (Å²) in [4.78, 5) is 0. The standard InChI is InChI=1S/C14H16O/c1-2-5-11(6-3-1)13-8-4-7-12-9-10-15-14(12)13/h4,7-11H,1-3,5-6H2. The minimum atomic E-state index is 0.730. The van der Waals surface area contributed by atoms with Gasteiger partial charge in [0.2, 0.25) is 0 Å². The molecule has 0 atom stereocenters. The molecule has 0 saturated heterocycles. The van der Waals surface area contributed by atoms with Crippen LogP contribution >= 0.6 is 0 Å². The highest BCUT2D eigenvalue weighted by atomic mass is 16.3. The van der Waals surface area contributed by atoms with Crippen LogP contribution in [0.15, 0.2) is 34.9 Å². The van der Waals surface area contributed by atoms with E-state index in [1.807, 2.05) is 0 Å². The van der Waals surface area contributed by atoms with Gasteiger partial charge in [0.05, 0.1) is 6.26 Å². The number of para-hydroxylation sites is 1. The molecular formula is C14H16O. The maximum atomic E-state index is 5.60. The molecule has 0 aliphatic heterocycles. The van der Waals surface area contributed by atoms with Crippen molar-refractivity contribution >= 4 is 11.0 Å². The van der Waals surface area contributed by atoms with Crippen LogP contribution in [0.25, 0.3) is 11.0 Å². The predicted molar refractivity (Wildman–Crippen MR) is 62.0 cm³/mol. The third kappa shape index (κ3) is 1.56. The van der Waals surface area contributed by atoms with Gasteiger partial charge in [-0.2, -0.15) is 0 Å². The molecule has 3 rings (SSSR count). The van der Waals surface area contributed by atoms with Crippen molar-refractivity contribution in [2.24, 2.45) is 0 Å². The molecule has 1 fully saturated rings. The molecule has 0 amide bonds. The van der Waals surface area contributed by atoms with Crippen molar-refractivity contribution in [3.05, 3.63) is 36.1 Å². The summed E-state index contributed by atoms with van der Waals surface area (Å²) in [6, 6.07) is 8.58. The molecule has 0 unspecified atom stereocenters. The van der Waals surface area contributed by atoms with E-state index < -0.39 is 0 Å². The lowest BCUT2D eigenvalue weighted by Crippen LogP contribution is -2.04. The van der Waals surface area contributed by atoms with Crippen LogP contribution in [0, 0.1) is 0 Å². The molecule has 0 spiro atoms. The van der Waals surface area contributed by atoms with E-state index in [9.17, 15) is 0 Å². The molecule has 1 aromatic heterocycles. The van der Waals surface area contributed by atoms with Crippen molar-refractivity contribution in [1.82, 2.24) is 0 Å². The largest absolute Gasteiger partial charge is 0.464 e. The first kappa shape index (κ1) is 9.02. The minimum Gasteiger partial charge on any atom is -0.464 e. The van der Waals surface area contributed by atoms with Crippen LogP contribution in [-0.4, -0.2) is 0 Å². The minimum absolute atomic E-state index is 0.730. The van der Waals surface area contributed by atoms with Crippen LogP contribution in [0.3, 0.4) is 0 Å². The van der Waals surface area contributed by atoms with Gasteiger partial charge in [0.25, 0.3) is 0 Å². The van der Waals surface area contributed by atoms with Gasteiger partial charge in [-0.25, -0.2) is 0 Å². The summed E-state index contributed by atoms with van der Waals surface area (Å²) in [6.07, 6.45) is 8.63. The second-order valence-corrected chi connectivity index (χ2v) is 4.52. The first-order chi connectivity index (χ1) is 7.45. The van der Waals surface area contributed by atoms with Gasteiger partial charge in [-0.3, -0.25) is 0 Å². The van der Waals surface area contributed by atoms with E-state index in [-0.39, 0.29) is 0 Å². The molecule has 78 valence electrons. The lowest BCUT2D eigenvalue weighted by molar-refractivity contribution is 0.441. The summed E-state index contributed by atoms with van der Waals surface area (Å²) >= 11 is 0. The number of benzene rings is 1. The fraction of sp³-hybridized carbons (Fsp3) is 0.429. The first-order valence-electron chi connectivity index (χ1n) is 5.91. The lowest BCUT2D eigenvalue weighted by Gasteiger charge is -2.21. The Kier molecular flexibility index (Phi) is 2.24. The summed E-state index contributed by atoms with van der Waals surface area (Å²) < 4.78 is 5.60. The first-order valence-corrected chi connectivity index (χ1v) is 5.91. The molecule has 1 nitrogen and oxygen atoms in total. The summed E-state index contributed by atoms with van der Waals surface area (Å²) in [7, 11) is 0. The molecule has 15 heavy (non-hydrogen) atoms. The molecule has 1 aromatic carbocycles. The van der Waals surface area contributed by atoms with E-state index in [2.05, 4.69) is 24.3 Å². The van der Waals surface area contributed by atoms with Crippen molar-refractivity contribution in [2.45, 2.75) is 38.0 Å². The molecule has 1 aliphatic carbocycles. The number of furan rings is 1. The molecule has 1 heterocycles. The van der Waals surface area contributed by atoms with Crippen LogP contribution in [0.5, 0.6) is 0 Å². The number of fused-ring (bicyclic) bond motifs is 1. The van der Waals surface area contributed by atoms with Gasteiger partial charge in [-0.05, 0) is 30.4 Å². The SMILES string of the molecule is c1cc(C2CCCCC2)c2occc2c1. The van der Waals surface area contributed by atoms with E-state index in [0.717, 1.165) is 11.5 Å². The van der Waals surface area contributed by atoms with Crippen LogP contribution in [-0.2, 0) is 0 Å². The topological polar surface area (TPSA) is 13.1 Å². The fourth-order valence-corrected chi connectivity index (χ4v) is 2.75. The van der Waals surface area contributed by atoms with Crippen LogP contribution in [0.2, 0.25) is 0 Å². The Bertz CT molecular complexity index is 449. The molecular weight excluding hydrogens is 184 g/mol. The third-order valence-electron chi connectivity index (χ3n) is 3.55. The summed E-state index contributed by atoms with van der Waals surface area (Å²) in [5, 5.41) is 1.25. The Morgan fingerprint density at radius 2 is 1.87 bits per heavy atom. The van der Waals surface area contributed by atoms with Gasteiger partial charge in [-0.15, -0.1) is 0 Å². The Labute approximate surface area is 90.1 Å². The molecule has 0 N–H and O–H groups in total. The van der Waals surface area contributed by atoms with Crippen molar-refractivity contribution in [1.29, 1.82) is 0 Å². The zero-order chi connectivity index (χ0) is 10.1. The van der Waals surface area contributed by atoms with Crippen molar-refractivity contribution in [2.75, 3.05) is 0 Å². The van der Waals surface area contributed by atoms with Crippen molar-refractivity contribution in [3.8, 4) is 0 Å². The molecule has 0 radical (unpaired) electrons. The van der Waals surface area contributed by atoms with E-state index in [1.165, 1.54) is 43.1 Å². The predicted octanol–water partition coefficient (Wildman–Crippen LogP) is 4.48. The Balaban J connectivity index is 2.05. The van der Waals surface area contributed by atoms with Crippen molar-refractivity contribution in [3.63, 3.8) is 0 Å². The highest BCUT2D eigenvalue weighted by molar-refractivity contribution is 5.80. The fourth-order valence-electron chi connectivity index (χ4n) is 2.75. The molecule has 0 bridgehead atoms. The molecule has 1 saturated carbocycles. The summed E-state index contributed by atoms with van der Waals surface area (Å²) in [5.41, 5.74) is 2.54. The van der Waals surface area contributed by atoms with Gasteiger partial charge >= 0.3 is 0 Å². The van der Waals surface area contributed by atoms with E-state index >= 15 is 0 Å². The second kappa shape index (κ2) is 3.73. The Hall–Kier alpha value is -1.24. The normalized spacial score (nSPS) is 18.4. The van der Waals surface area contributed by atoms with E-state index in [1.54, 1.807) is 6.26 Å². The van der Waals surface area contributed by atoms with Gasteiger partial charge in [0, 0.05) is 5.39 Å². The number of hydrogen-bond acceptors (Lipinski definition) is 1. The number of hydrogen-bond donors (Lipinski definition) is 0. The van der Waals surface area contributed by atoms with Crippen LogP contribution in [0.1, 0.15) is 43.6 Å². The quantitative estimate of drug-likeness (QED) is 0.661. The maximum absolute atomic E-state index is 5.60. The second-order valence-electron chi connectivity index (χ2n) is 4.52. The molecule has 1 aliphatic rings. The Morgan fingerprint density at radius 3 is 2.73 bits per heavy atom. The smallest absolute Gasteiger partial charge is 0.137 e. The number of rotatable bonds is 1. The zero-order valence-electron chi connectivity index (χ0n) is 8.91. The van der Waals surface area contributed by atoms with Crippen LogP contribution in [0.4, 0.5) is 0 Å². The van der Waals surface area contributed by atoms with Gasteiger partial charge in [0.15, 0.2) is 0 Å². The van der Waals surface area contributed by atoms with E-state index in [0.29, 0.717) is 0 Å². The van der Waals surface area contributed by atoms with Gasteiger partial charge in [0.1, 0.15) is 5.58 Å². The average molecular weight is 200 g/mol. The molecule has 1 heteroatoms. The van der Waals surface area contributed by atoms with Crippen molar-refractivity contribution < 1.29 is 4.42 Å². The van der Waals surface area contributed by atoms with Crippen LogP contribution < -0.4 is 0 Å². The average Bonchev–Trinajstić information content (AvgIpc) is 2.78. The van der Waals surface area contributed by atoms with E-state index in [4.69, 9.17) is 4.42 Å².